The molecule has 1 aliphatic rings. The molecule has 1 atom stereocenters. The Morgan fingerprint density at radius 2 is 2.12 bits per heavy atom. The number of aryl methyl sites for hydroxylation is 1. The number of fused-ring (bicyclic) bond motifs is 1. The fourth-order valence-electron chi connectivity index (χ4n) is 2.01. The molecule has 0 saturated heterocycles. The average Bonchev–Trinajstić information content (AvgIpc) is 2.26. The molecule has 0 aromatic heterocycles. The van der Waals surface area contributed by atoms with Gasteiger partial charge >= 0.3 is 6.18 Å². The van der Waals surface area contributed by atoms with Gasteiger partial charge in [0.15, 0.2) is 6.61 Å². The highest BCUT2D eigenvalue weighted by Crippen LogP contribution is 2.32. The topological polar surface area (TPSA) is 29.5 Å². The van der Waals surface area contributed by atoms with Gasteiger partial charge in [0.2, 0.25) is 0 Å². The number of benzene rings is 1. The predicted molar refractivity (Wildman–Crippen MR) is 55.9 cm³/mol. The fraction of sp³-hybridized carbons (Fsp3) is 0.500. The zero-order valence-corrected chi connectivity index (χ0v) is 9.13. The van der Waals surface area contributed by atoms with Gasteiger partial charge in [-0.15, -0.1) is 0 Å². The van der Waals surface area contributed by atoms with Gasteiger partial charge in [0.1, 0.15) is 5.75 Å². The van der Waals surface area contributed by atoms with Crippen molar-refractivity contribution in [3.63, 3.8) is 0 Å². The van der Waals surface area contributed by atoms with Crippen molar-refractivity contribution in [1.82, 2.24) is 0 Å². The molecule has 0 radical (unpaired) electrons. The van der Waals surface area contributed by atoms with Crippen LogP contribution in [0, 0.1) is 0 Å². The van der Waals surface area contributed by atoms with E-state index in [1.807, 2.05) is 0 Å². The van der Waals surface area contributed by atoms with Crippen molar-refractivity contribution >= 4 is 0 Å². The molecular formula is C12H13F3O2. The molecule has 0 aliphatic heterocycles. The maximum atomic E-state index is 12.0. The highest BCUT2D eigenvalue weighted by Gasteiger charge is 2.28. The molecule has 2 rings (SSSR count). The van der Waals surface area contributed by atoms with Crippen LogP contribution < -0.4 is 4.74 Å². The van der Waals surface area contributed by atoms with E-state index < -0.39 is 18.9 Å². The van der Waals surface area contributed by atoms with Crippen molar-refractivity contribution in [2.45, 2.75) is 31.5 Å². The van der Waals surface area contributed by atoms with E-state index >= 15 is 0 Å². The number of aliphatic hydroxyl groups is 1. The third-order valence-corrected chi connectivity index (χ3v) is 2.80. The van der Waals surface area contributed by atoms with Gasteiger partial charge in [-0.05, 0) is 42.5 Å². The van der Waals surface area contributed by atoms with E-state index in [1.54, 1.807) is 6.07 Å². The third-order valence-electron chi connectivity index (χ3n) is 2.80. The molecule has 0 heterocycles. The zero-order chi connectivity index (χ0) is 12.5. The summed E-state index contributed by atoms with van der Waals surface area (Å²) < 4.78 is 40.6. The molecule has 1 N–H and O–H groups in total. The van der Waals surface area contributed by atoms with E-state index in [9.17, 15) is 18.3 Å². The first-order chi connectivity index (χ1) is 7.96. The SMILES string of the molecule is OC1CCCc2ccc(OCC(F)(F)F)cc21. The van der Waals surface area contributed by atoms with Gasteiger partial charge in [0, 0.05) is 0 Å². The second-order valence-electron chi connectivity index (χ2n) is 4.17. The summed E-state index contributed by atoms with van der Waals surface area (Å²) in [5.41, 5.74) is 1.68. The summed E-state index contributed by atoms with van der Waals surface area (Å²) in [6, 6.07) is 4.75. The van der Waals surface area contributed by atoms with Crippen LogP contribution in [0.5, 0.6) is 5.75 Å². The highest BCUT2D eigenvalue weighted by molar-refractivity contribution is 5.38. The Kier molecular flexibility index (Phi) is 3.28. The molecule has 1 aromatic carbocycles. The van der Waals surface area contributed by atoms with Gasteiger partial charge in [0.25, 0.3) is 0 Å². The van der Waals surface area contributed by atoms with Crippen molar-refractivity contribution < 1.29 is 23.0 Å². The summed E-state index contributed by atoms with van der Waals surface area (Å²) in [5.74, 6) is 0.155. The molecule has 1 aliphatic carbocycles. The van der Waals surface area contributed by atoms with Gasteiger partial charge < -0.3 is 9.84 Å². The van der Waals surface area contributed by atoms with E-state index in [-0.39, 0.29) is 5.75 Å². The molecule has 2 nitrogen and oxygen atoms in total. The highest BCUT2D eigenvalue weighted by atomic mass is 19.4. The molecule has 0 spiro atoms. The first kappa shape index (κ1) is 12.2. The Morgan fingerprint density at radius 1 is 1.35 bits per heavy atom. The zero-order valence-electron chi connectivity index (χ0n) is 9.13. The Hall–Kier alpha value is -1.23. The first-order valence-corrected chi connectivity index (χ1v) is 5.46. The van der Waals surface area contributed by atoms with Crippen LogP contribution >= 0.6 is 0 Å². The van der Waals surface area contributed by atoms with Crippen LogP contribution in [0.25, 0.3) is 0 Å². The van der Waals surface area contributed by atoms with Crippen LogP contribution in [0.15, 0.2) is 18.2 Å². The second-order valence-corrected chi connectivity index (χ2v) is 4.17. The summed E-state index contributed by atoms with van der Waals surface area (Å²) in [6.07, 6.45) is -2.53. The maximum Gasteiger partial charge on any atom is 0.422 e. The van der Waals surface area contributed by atoms with Crippen LogP contribution in [0.4, 0.5) is 13.2 Å². The summed E-state index contributed by atoms with van der Waals surface area (Å²) >= 11 is 0. The fourth-order valence-corrected chi connectivity index (χ4v) is 2.01. The normalized spacial score (nSPS) is 19.9. The van der Waals surface area contributed by atoms with E-state index in [2.05, 4.69) is 4.74 Å². The molecule has 0 bridgehead atoms. The minimum Gasteiger partial charge on any atom is -0.484 e. The molecule has 1 aromatic rings. The van der Waals surface area contributed by atoms with Gasteiger partial charge in [0.05, 0.1) is 6.10 Å². The Bertz CT molecular complexity index is 401. The smallest absolute Gasteiger partial charge is 0.422 e. The van der Waals surface area contributed by atoms with Crippen LogP contribution in [-0.2, 0) is 6.42 Å². The lowest BCUT2D eigenvalue weighted by molar-refractivity contribution is -0.153. The van der Waals surface area contributed by atoms with Gasteiger partial charge in [-0.1, -0.05) is 6.07 Å². The lowest BCUT2D eigenvalue weighted by atomic mass is 9.89. The Balaban J connectivity index is 2.12. The van der Waals surface area contributed by atoms with E-state index in [0.717, 1.165) is 18.4 Å². The Labute approximate surface area is 97.0 Å². The van der Waals surface area contributed by atoms with Crippen molar-refractivity contribution in [3.05, 3.63) is 29.3 Å². The number of aliphatic hydroxyl groups excluding tert-OH is 1. The summed E-state index contributed by atoms with van der Waals surface area (Å²) in [7, 11) is 0. The summed E-state index contributed by atoms with van der Waals surface area (Å²) in [6.45, 7) is -1.30. The molecule has 5 heteroatoms. The number of hydrogen-bond acceptors (Lipinski definition) is 2. The molecule has 0 amide bonds. The number of rotatable bonds is 2. The van der Waals surface area contributed by atoms with E-state index in [0.29, 0.717) is 12.0 Å². The van der Waals surface area contributed by atoms with Crippen LogP contribution in [0.3, 0.4) is 0 Å². The largest absolute Gasteiger partial charge is 0.484 e. The van der Waals surface area contributed by atoms with Crippen molar-refractivity contribution in [1.29, 1.82) is 0 Å². The van der Waals surface area contributed by atoms with Crippen molar-refractivity contribution in [3.8, 4) is 5.75 Å². The number of ether oxygens (including phenoxy) is 1. The van der Waals surface area contributed by atoms with Crippen molar-refractivity contribution in [2.75, 3.05) is 6.61 Å². The average molecular weight is 246 g/mol. The van der Waals surface area contributed by atoms with Crippen LogP contribution in [-0.4, -0.2) is 17.9 Å². The quantitative estimate of drug-likeness (QED) is 0.869. The third kappa shape index (κ3) is 3.12. The molecule has 0 saturated carbocycles. The standard InChI is InChI=1S/C12H13F3O2/c13-12(14,15)7-17-9-5-4-8-2-1-3-11(16)10(8)6-9/h4-6,11,16H,1-3,7H2. The minimum absolute atomic E-state index is 0.155. The van der Waals surface area contributed by atoms with Gasteiger partial charge in [-0.25, -0.2) is 0 Å². The predicted octanol–water partition coefficient (Wildman–Crippen LogP) is 3.00. The van der Waals surface area contributed by atoms with Crippen LogP contribution in [0.2, 0.25) is 0 Å². The lowest BCUT2D eigenvalue weighted by Gasteiger charge is -2.22. The number of halogens is 3. The Morgan fingerprint density at radius 3 is 2.82 bits per heavy atom. The van der Waals surface area contributed by atoms with Crippen LogP contribution in [0.1, 0.15) is 30.1 Å². The van der Waals surface area contributed by atoms with Gasteiger partial charge in [-0.3, -0.25) is 0 Å². The summed E-state index contributed by atoms with van der Waals surface area (Å²) in [5, 5.41) is 9.74. The molecule has 17 heavy (non-hydrogen) atoms. The second kappa shape index (κ2) is 4.56. The van der Waals surface area contributed by atoms with E-state index in [4.69, 9.17) is 0 Å². The summed E-state index contributed by atoms with van der Waals surface area (Å²) in [4.78, 5) is 0. The van der Waals surface area contributed by atoms with E-state index in [1.165, 1.54) is 12.1 Å². The molecular weight excluding hydrogens is 233 g/mol. The number of hydrogen-bond donors (Lipinski definition) is 1. The monoisotopic (exact) mass is 246 g/mol. The molecule has 0 fully saturated rings. The maximum absolute atomic E-state index is 12.0. The lowest BCUT2D eigenvalue weighted by Crippen LogP contribution is -2.19. The minimum atomic E-state index is -4.34. The molecule has 1 unspecified atom stereocenters. The van der Waals surface area contributed by atoms with Crippen molar-refractivity contribution in [2.24, 2.45) is 0 Å². The first-order valence-electron chi connectivity index (χ1n) is 5.46. The van der Waals surface area contributed by atoms with Gasteiger partial charge in [-0.2, -0.15) is 13.2 Å². The molecule has 94 valence electrons. The number of alkyl halides is 3.